The molecule has 1 atom stereocenters. The van der Waals surface area contributed by atoms with Gasteiger partial charge in [-0.25, -0.2) is 0 Å². The number of anilines is 1. The quantitative estimate of drug-likeness (QED) is 0.749. The third-order valence-electron chi connectivity index (χ3n) is 4.69. The van der Waals surface area contributed by atoms with Crippen LogP contribution in [-0.4, -0.2) is 33.8 Å². The average Bonchev–Trinajstić information content (AvgIpc) is 2.67. The Morgan fingerprint density at radius 3 is 2.92 bits per heavy atom. The summed E-state index contributed by atoms with van der Waals surface area (Å²) in [7, 11) is 0. The maximum absolute atomic E-state index is 4.82. The molecule has 118 valence electrons. The van der Waals surface area contributed by atoms with E-state index in [2.05, 4.69) is 56.6 Å². The fourth-order valence-corrected chi connectivity index (χ4v) is 3.62. The zero-order chi connectivity index (χ0) is 15.9. The summed E-state index contributed by atoms with van der Waals surface area (Å²) in [5, 5.41) is 3.68. The topological polar surface area (TPSA) is 53.4 Å². The van der Waals surface area contributed by atoms with E-state index in [1.807, 2.05) is 6.07 Å². The molecule has 5 nitrogen and oxygen atoms in total. The lowest BCUT2D eigenvalue weighted by Gasteiger charge is -2.42. The Morgan fingerprint density at radius 1 is 1.00 bits per heavy atom. The molecule has 1 N–H and O–H groups in total. The van der Waals surface area contributed by atoms with Gasteiger partial charge in [0.2, 0.25) is 0 Å². The minimum atomic E-state index is 0.0272. The Hall–Kier alpha value is -2.95. The van der Waals surface area contributed by atoms with Gasteiger partial charge in [0.1, 0.15) is 12.0 Å². The third kappa shape index (κ3) is 1.98. The normalized spacial score (nSPS) is 19.2. The Morgan fingerprint density at radius 2 is 1.92 bits per heavy atom. The van der Waals surface area contributed by atoms with E-state index in [4.69, 9.17) is 4.99 Å². The van der Waals surface area contributed by atoms with Crippen molar-refractivity contribution < 1.29 is 0 Å². The minimum absolute atomic E-state index is 0.0272. The highest BCUT2D eigenvalue weighted by Crippen LogP contribution is 2.36. The number of benzene rings is 2. The van der Waals surface area contributed by atoms with Gasteiger partial charge in [-0.2, -0.15) is 0 Å². The first kappa shape index (κ1) is 13.5. The molecule has 1 aromatic heterocycles. The summed E-state index contributed by atoms with van der Waals surface area (Å²) in [5.41, 5.74) is 5.32. The van der Waals surface area contributed by atoms with Crippen LogP contribution >= 0.6 is 0 Å². The number of para-hydroxylation sites is 2. The van der Waals surface area contributed by atoms with Gasteiger partial charge in [-0.05, 0) is 24.6 Å². The predicted octanol–water partition coefficient (Wildman–Crippen LogP) is 3.21. The van der Waals surface area contributed by atoms with Gasteiger partial charge in [0.05, 0.1) is 11.0 Å². The standard InChI is InChI=1S/C19H17N5/c1-2-7-15-13(5-1)18-22-9-4-12-24(18)19(23-15)14-6-3-8-16-17(14)21-11-10-20-16/h1-3,5-8,10-11,19,23H,4,9,12H2/t19-/m1/s1. The maximum atomic E-state index is 4.82. The van der Waals surface area contributed by atoms with Gasteiger partial charge in [-0.1, -0.05) is 24.3 Å². The first-order valence-electron chi connectivity index (χ1n) is 8.28. The van der Waals surface area contributed by atoms with Crippen LogP contribution in [0, 0.1) is 0 Å². The van der Waals surface area contributed by atoms with Crippen LogP contribution in [-0.2, 0) is 0 Å². The van der Waals surface area contributed by atoms with Crippen LogP contribution in [0.15, 0.2) is 59.9 Å². The highest BCUT2D eigenvalue weighted by molar-refractivity contribution is 6.06. The van der Waals surface area contributed by atoms with Crippen LogP contribution in [0.1, 0.15) is 23.7 Å². The summed E-state index contributed by atoms with van der Waals surface area (Å²) >= 11 is 0. The van der Waals surface area contributed by atoms with Crippen molar-refractivity contribution in [2.45, 2.75) is 12.6 Å². The third-order valence-corrected chi connectivity index (χ3v) is 4.69. The van der Waals surface area contributed by atoms with Crippen molar-refractivity contribution in [3.05, 3.63) is 66.0 Å². The van der Waals surface area contributed by atoms with Gasteiger partial charge in [0.25, 0.3) is 0 Å². The highest BCUT2D eigenvalue weighted by atomic mass is 15.3. The van der Waals surface area contributed by atoms with E-state index >= 15 is 0 Å². The summed E-state index contributed by atoms with van der Waals surface area (Å²) in [5.74, 6) is 1.08. The number of hydrogen-bond donors (Lipinski definition) is 1. The number of nitrogens with zero attached hydrogens (tertiary/aromatic N) is 4. The van der Waals surface area contributed by atoms with Crippen LogP contribution in [0.4, 0.5) is 5.69 Å². The van der Waals surface area contributed by atoms with E-state index in [1.165, 1.54) is 5.56 Å². The molecule has 0 saturated carbocycles. The largest absolute Gasteiger partial charge is 0.361 e. The van der Waals surface area contributed by atoms with Crippen molar-refractivity contribution in [3.63, 3.8) is 0 Å². The molecule has 0 unspecified atom stereocenters. The summed E-state index contributed by atoms with van der Waals surface area (Å²) in [6.07, 6.45) is 4.59. The number of hydrogen-bond acceptors (Lipinski definition) is 5. The van der Waals surface area contributed by atoms with E-state index in [9.17, 15) is 0 Å². The van der Waals surface area contributed by atoms with Crippen LogP contribution in [0.2, 0.25) is 0 Å². The second kappa shape index (κ2) is 5.30. The van der Waals surface area contributed by atoms with Crippen LogP contribution in [0.25, 0.3) is 11.0 Å². The van der Waals surface area contributed by atoms with Gasteiger partial charge < -0.3 is 10.2 Å². The summed E-state index contributed by atoms with van der Waals surface area (Å²) in [6, 6.07) is 14.6. The van der Waals surface area contributed by atoms with Gasteiger partial charge in [0.15, 0.2) is 0 Å². The maximum Gasteiger partial charge on any atom is 0.134 e. The van der Waals surface area contributed by atoms with Crippen LogP contribution in [0.5, 0.6) is 0 Å². The molecule has 0 radical (unpaired) electrons. The molecule has 24 heavy (non-hydrogen) atoms. The Kier molecular flexibility index (Phi) is 2.98. The Bertz CT molecular complexity index is 944. The molecule has 5 heteroatoms. The molecule has 0 amide bonds. The lowest BCUT2D eigenvalue weighted by Crippen LogP contribution is -2.46. The number of fused-ring (bicyclic) bond motifs is 4. The monoisotopic (exact) mass is 315 g/mol. The van der Waals surface area contributed by atoms with E-state index < -0.39 is 0 Å². The predicted molar refractivity (Wildman–Crippen MR) is 95.1 cm³/mol. The SMILES string of the molecule is c1ccc2c(c1)N[C@@H](c1cccc3nccnc13)N1CCCN=C21. The molecule has 2 aromatic carbocycles. The van der Waals surface area contributed by atoms with Crippen molar-refractivity contribution in [3.8, 4) is 0 Å². The summed E-state index contributed by atoms with van der Waals surface area (Å²) in [4.78, 5) is 16.2. The Balaban J connectivity index is 1.71. The second-order valence-corrected chi connectivity index (χ2v) is 6.12. The lowest BCUT2D eigenvalue weighted by atomic mass is 10.0. The van der Waals surface area contributed by atoms with E-state index in [0.29, 0.717) is 0 Å². The molecule has 0 spiro atoms. The van der Waals surface area contributed by atoms with Gasteiger partial charge in [-0.15, -0.1) is 0 Å². The molecular weight excluding hydrogens is 298 g/mol. The lowest BCUT2D eigenvalue weighted by molar-refractivity contribution is 0.324. The van der Waals surface area contributed by atoms with E-state index in [-0.39, 0.29) is 6.17 Å². The van der Waals surface area contributed by atoms with Crippen LogP contribution < -0.4 is 5.32 Å². The molecule has 3 heterocycles. The van der Waals surface area contributed by atoms with Crippen LogP contribution in [0.3, 0.4) is 0 Å². The number of nitrogens with one attached hydrogen (secondary N) is 1. The molecular formula is C19H17N5. The van der Waals surface area contributed by atoms with Crippen molar-refractivity contribution in [1.82, 2.24) is 14.9 Å². The molecule has 0 bridgehead atoms. The summed E-state index contributed by atoms with van der Waals surface area (Å²) < 4.78 is 0. The smallest absolute Gasteiger partial charge is 0.134 e. The first-order valence-corrected chi connectivity index (χ1v) is 8.28. The van der Waals surface area contributed by atoms with Crippen molar-refractivity contribution in [2.24, 2.45) is 4.99 Å². The number of rotatable bonds is 1. The molecule has 2 aliphatic rings. The highest BCUT2D eigenvalue weighted by Gasteiger charge is 2.33. The van der Waals surface area contributed by atoms with Gasteiger partial charge in [0, 0.05) is 42.3 Å². The zero-order valence-corrected chi connectivity index (χ0v) is 13.2. The molecule has 0 saturated heterocycles. The average molecular weight is 315 g/mol. The van der Waals surface area contributed by atoms with Gasteiger partial charge >= 0.3 is 0 Å². The molecule has 2 aliphatic heterocycles. The molecule has 0 aliphatic carbocycles. The number of aliphatic imine (C=N–C) groups is 1. The van der Waals surface area contributed by atoms with Crippen molar-refractivity contribution in [1.29, 1.82) is 0 Å². The van der Waals surface area contributed by atoms with E-state index in [0.717, 1.165) is 47.6 Å². The van der Waals surface area contributed by atoms with E-state index in [1.54, 1.807) is 12.4 Å². The molecule has 0 fully saturated rings. The number of amidine groups is 1. The molecule has 3 aromatic rings. The fourth-order valence-electron chi connectivity index (χ4n) is 3.62. The zero-order valence-electron chi connectivity index (χ0n) is 13.2. The number of aromatic nitrogens is 2. The first-order chi connectivity index (χ1) is 11.9. The Labute approximate surface area is 140 Å². The summed E-state index contributed by atoms with van der Waals surface area (Å²) in [6.45, 7) is 1.88. The molecule has 5 rings (SSSR count). The van der Waals surface area contributed by atoms with Crippen molar-refractivity contribution in [2.75, 3.05) is 18.4 Å². The van der Waals surface area contributed by atoms with Crippen molar-refractivity contribution >= 4 is 22.6 Å². The minimum Gasteiger partial charge on any atom is -0.361 e. The van der Waals surface area contributed by atoms with Gasteiger partial charge in [-0.3, -0.25) is 15.0 Å². The fraction of sp³-hybridized carbons (Fsp3) is 0.211. The second-order valence-electron chi connectivity index (χ2n) is 6.12.